The Kier molecular flexibility index (Phi) is 7.27. The lowest BCUT2D eigenvalue weighted by Gasteiger charge is -2.47. The first-order chi connectivity index (χ1) is 16.2. The molecule has 8 nitrogen and oxygen atoms in total. The van der Waals surface area contributed by atoms with Crippen molar-refractivity contribution >= 4 is 22.1 Å². The molecule has 200 valence electrons. The van der Waals surface area contributed by atoms with Gasteiger partial charge in [0.25, 0.3) is 0 Å². The van der Waals surface area contributed by atoms with Crippen molar-refractivity contribution in [2.45, 2.75) is 101 Å². The molecule has 0 aromatic heterocycles. The summed E-state index contributed by atoms with van der Waals surface area (Å²) in [5, 5.41) is -5.04. The molecule has 0 heterocycles. The highest BCUT2D eigenvalue weighted by atomic mass is 32.2. The Bertz CT molecular complexity index is 926. The van der Waals surface area contributed by atoms with Crippen LogP contribution >= 0.6 is 0 Å². The van der Waals surface area contributed by atoms with Crippen LogP contribution < -0.4 is 0 Å². The number of esters is 2. The van der Waals surface area contributed by atoms with Crippen molar-refractivity contribution < 1.29 is 45.6 Å². The second kappa shape index (κ2) is 9.52. The average Bonchev–Trinajstić information content (AvgIpc) is 2.74. The lowest BCUT2D eigenvalue weighted by molar-refractivity contribution is -0.196. The molecule has 0 saturated heterocycles. The van der Waals surface area contributed by atoms with E-state index in [0.717, 1.165) is 12.8 Å². The second-order valence-corrected chi connectivity index (χ2v) is 13.3. The number of hydrogen-bond donors (Lipinski definition) is 1. The van der Waals surface area contributed by atoms with Crippen LogP contribution in [0.1, 0.15) is 84.5 Å². The molecule has 4 saturated carbocycles. The Morgan fingerprint density at radius 1 is 0.971 bits per heavy atom. The molecule has 4 aliphatic rings. The number of carbonyl (C=O) groups excluding carboxylic acids is 2. The van der Waals surface area contributed by atoms with Gasteiger partial charge in [-0.2, -0.15) is 17.2 Å². The summed E-state index contributed by atoms with van der Waals surface area (Å²) in [5.41, 5.74) is -1.20. The van der Waals surface area contributed by atoms with Crippen molar-refractivity contribution in [1.29, 1.82) is 0 Å². The molecule has 0 amide bonds. The fraction of sp³-hybridized carbons (Fsp3) is 0.917. The number of rotatable bonds is 7. The van der Waals surface area contributed by atoms with Gasteiger partial charge >= 0.3 is 27.3 Å². The molecule has 0 aromatic rings. The van der Waals surface area contributed by atoms with Crippen LogP contribution in [-0.2, 0) is 33.9 Å². The Balaban J connectivity index is 1.33. The SMILES string of the molecule is CC1(OCOC(=O)C2(C)CC3CCC(OC(=O)C(F)(F)S(=O)(=O)O)C(C3)C2)CC2CCCC(C2)C1. The van der Waals surface area contributed by atoms with E-state index >= 15 is 0 Å². The third kappa shape index (κ3) is 5.66. The van der Waals surface area contributed by atoms with Crippen LogP contribution in [-0.4, -0.2) is 48.7 Å². The van der Waals surface area contributed by atoms with Gasteiger partial charge in [0.05, 0.1) is 11.0 Å². The van der Waals surface area contributed by atoms with E-state index in [1.165, 1.54) is 25.7 Å². The van der Waals surface area contributed by atoms with Crippen LogP contribution in [0.3, 0.4) is 0 Å². The van der Waals surface area contributed by atoms with Crippen LogP contribution in [0.4, 0.5) is 8.78 Å². The van der Waals surface area contributed by atoms with Crippen LogP contribution in [0.5, 0.6) is 0 Å². The zero-order valence-corrected chi connectivity index (χ0v) is 21.2. The van der Waals surface area contributed by atoms with Gasteiger partial charge in [0, 0.05) is 0 Å². The summed E-state index contributed by atoms with van der Waals surface area (Å²) in [7, 11) is -5.94. The smallest absolute Gasteiger partial charge is 0.457 e. The molecular weight excluding hydrogens is 486 g/mol. The predicted octanol–water partition coefficient (Wildman–Crippen LogP) is 4.47. The molecule has 1 N–H and O–H groups in total. The summed E-state index contributed by atoms with van der Waals surface area (Å²) in [6, 6.07) is 0. The minimum Gasteiger partial charge on any atom is -0.457 e. The lowest BCUT2D eigenvalue weighted by Crippen LogP contribution is -2.48. The minimum absolute atomic E-state index is 0.138. The van der Waals surface area contributed by atoms with E-state index in [2.05, 4.69) is 6.92 Å². The minimum atomic E-state index is -5.94. The van der Waals surface area contributed by atoms with Gasteiger partial charge in [-0.1, -0.05) is 19.3 Å². The molecule has 4 aliphatic carbocycles. The number of alkyl halides is 2. The Morgan fingerprint density at radius 2 is 1.60 bits per heavy atom. The van der Waals surface area contributed by atoms with Gasteiger partial charge < -0.3 is 14.2 Å². The van der Waals surface area contributed by atoms with E-state index in [9.17, 15) is 26.8 Å². The fourth-order valence-corrected chi connectivity index (χ4v) is 7.52. The Morgan fingerprint density at radius 3 is 2.23 bits per heavy atom. The monoisotopic (exact) mass is 522 g/mol. The lowest BCUT2D eigenvalue weighted by atomic mass is 9.60. The summed E-state index contributed by atoms with van der Waals surface area (Å²) in [5.74, 6) is -1.66. The average molecular weight is 523 g/mol. The van der Waals surface area contributed by atoms with Gasteiger partial charge in [-0.15, -0.1) is 0 Å². The third-order valence-corrected chi connectivity index (χ3v) is 9.53. The maximum atomic E-state index is 13.7. The van der Waals surface area contributed by atoms with E-state index in [4.69, 9.17) is 18.8 Å². The Hall–Kier alpha value is -1.33. The number of halogens is 2. The molecule has 0 spiro atoms. The van der Waals surface area contributed by atoms with E-state index in [0.29, 0.717) is 31.1 Å². The molecule has 6 unspecified atom stereocenters. The van der Waals surface area contributed by atoms with Crippen molar-refractivity contribution in [3.05, 3.63) is 0 Å². The summed E-state index contributed by atoms with van der Waals surface area (Å²) >= 11 is 0. The van der Waals surface area contributed by atoms with Gasteiger partial charge in [-0.3, -0.25) is 9.35 Å². The van der Waals surface area contributed by atoms with Crippen molar-refractivity contribution in [3.63, 3.8) is 0 Å². The van der Waals surface area contributed by atoms with Gasteiger partial charge in [0.2, 0.25) is 0 Å². The zero-order valence-electron chi connectivity index (χ0n) is 20.3. The third-order valence-electron chi connectivity index (χ3n) is 8.72. The van der Waals surface area contributed by atoms with E-state index in [1.807, 2.05) is 0 Å². The van der Waals surface area contributed by atoms with Crippen molar-refractivity contribution in [1.82, 2.24) is 0 Å². The molecule has 4 fully saturated rings. The van der Waals surface area contributed by atoms with Crippen LogP contribution in [0.2, 0.25) is 0 Å². The van der Waals surface area contributed by atoms with Crippen molar-refractivity contribution in [3.8, 4) is 0 Å². The largest absolute Gasteiger partial charge is 0.465 e. The first kappa shape index (κ1) is 26.7. The molecule has 35 heavy (non-hydrogen) atoms. The number of ether oxygens (including phenoxy) is 3. The van der Waals surface area contributed by atoms with Gasteiger partial charge in [-0.05, 0) is 88.9 Å². The number of hydrogen-bond acceptors (Lipinski definition) is 7. The van der Waals surface area contributed by atoms with E-state index in [1.54, 1.807) is 6.92 Å². The topological polar surface area (TPSA) is 116 Å². The molecule has 4 bridgehead atoms. The maximum Gasteiger partial charge on any atom is 0.465 e. The summed E-state index contributed by atoms with van der Waals surface area (Å²) < 4.78 is 74.2. The number of fused-ring (bicyclic) bond motifs is 4. The normalized spacial score (nSPS) is 39.5. The highest BCUT2D eigenvalue weighted by Gasteiger charge is 2.56. The first-order valence-electron chi connectivity index (χ1n) is 12.6. The standard InChI is InChI=1S/C24H36F2O8S/c1-22(20(27)32-14-33-23(2)11-15-4-3-5-16(8-15)12-23)10-17-6-7-19(18(9-17)13-22)34-21(28)24(25,26)35(29,30)31/h15-19H,3-14H2,1-2H3,(H,29,30,31). The predicted molar refractivity (Wildman–Crippen MR) is 120 cm³/mol. The maximum absolute atomic E-state index is 13.7. The van der Waals surface area contributed by atoms with Crippen molar-refractivity contribution in [2.24, 2.45) is 29.1 Å². The zero-order chi connectivity index (χ0) is 25.6. The van der Waals surface area contributed by atoms with Crippen LogP contribution in [0, 0.1) is 29.1 Å². The van der Waals surface area contributed by atoms with Crippen LogP contribution in [0.25, 0.3) is 0 Å². The molecule has 0 radical (unpaired) electrons. The van der Waals surface area contributed by atoms with Crippen molar-refractivity contribution in [2.75, 3.05) is 6.79 Å². The molecule has 6 atom stereocenters. The van der Waals surface area contributed by atoms with Gasteiger partial charge in [-0.25, -0.2) is 4.79 Å². The summed E-state index contributed by atoms with van der Waals surface area (Å²) in [6.07, 6.45) is 8.18. The van der Waals surface area contributed by atoms with E-state index in [-0.39, 0.29) is 31.2 Å². The quantitative estimate of drug-likeness (QED) is 0.296. The first-order valence-corrected chi connectivity index (χ1v) is 14.0. The molecule has 0 aliphatic heterocycles. The summed E-state index contributed by atoms with van der Waals surface area (Å²) in [6.45, 7) is 3.70. The van der Waals surface area contributed by atoms with Gasteiger partial charge in [0.1, 0.15) is 6.10 Å². The highest BCUT2D eigenvalue weighted by Crippen LogP contribution is 2.51. The molecule has 0 aromatic carbocycles. The fourth-order valence-electron chi connectivity index (χ4n) is 7.26. The molecule has 11 heteroatoms. The van der Waals surface area contributed by atoms with E-state index < -0.39 is 44.7 Å². The highest BCUT2D eigenvalue weighted by molar-refractivity contribution is 7.87. The summed E-state index contributed by atoms with van der Waals surface area (Å²) in [4.78, 5) is 24.9. The van der Waals surface area contributed by atoms with Gasteiger partial charge in [0.15, 0.2) is 6.79 Å². The van der Waals surface area contributed by atoms with Crippen LogP contribution in [0.15, 0.2) is 0 Å². The second-order valence-electron chi connectivity index (χ2n) is 11.8. The number of carbonyl (C=O) groups is 2. The Labute approximate surface area is 205 Å². The molecule has 4 rings (SSSR count). The molecular formula is C24H36F2O8S.